The lowest BCUT2D eigenvalue weighted by Gasteiger charge is -2.16. The zero-order valence-electron chi connectivity index (χ0n) is 16.6. The van der Waals surface area contributed by atoms with E-state index >= 15 is 0 Å². The topological polar surface area (TPSA) is 107 Å². The van der Waals surface area contributed by atoms with E-state index in [1.165, 1.54) is 12.2 Å². The zero-order valence-corrected chi connectivity index (χ0v) is 16.6. The molecule has 0 aromatic carbocycles. The second kappa shape index (κ2) is 14.3. The van der Waals surface area contributed by atoms with Gasteiger partial charge in [-0.2, -0.15) is 0 Å². The van der Waals surface area contributed by atoms with Crippen LogP contribution in [0.3, 0.4) is 0 Å². The first kappa shape index (κ1) is 24.3. The largest absolute Gasteiger partial charge is 0.481 e. The number of carboxylic acid groups (broad SMARTS) is 1. The highest BCUT2D eigenvalue weighted by molar-refractivity contribution is 5.66. The summed E-state index contributed by atoms with van der Waals surface area (Å²) in [5.41, 5.74) is 0. The molecule has 0 aromatic rings. The fraction of sp³-hybridized carbons (Fsp3) is 0.591. The second-order valence-electron chi connectivity index (χ2n) is 6.92. The van der Waals surface area contributed by atoms with Crippen molar-refractivity contribution in [2.24, 2.45) is 0 Å². The highest BCUT2D eigenvalue weighted by Gasteiger charge is 2.36. The molecular weight excluding hydrogens is 360 g/mol. The molecule has 1 heterocycles. The maximum atomic E-state index is 10.4. The number of aliphatic hydroxyl groups is 3. The van der Waals surface area contributed by atoms with Crippen molar-refractivity contribution in [3.05, 3.63) is 48.6 Å². The SMILES string of the molecule is CC/C=C\C[C@H]1O[C@H]([C@@H](O)/C=C/[C@H](O)C/C=C\C/C=C\CCC(=O)O)C[C@@H]1O. The Bertz CT molecular complexity index is 551. The van der Waals surface area contributed by atoms with Gasteiger partial charge in [-0.1, -0.05) is 55.5 Å². The Labute approximate surface area is 167 Å². The highest BCUT2D eigenvalue weighted by Crippen LogP contribution is 2.26. The van der Waals surface area contributed by atoms with Crippen LogP contribution in [0.15, 0.2) is 48.6 Å². The molecule has 0 spiro atoms. The second-order valence-corrected chi connectivity index (χ2v) is 6.92. The molecule has 28 heavy (non-hydrogen) atoms. The lowest BCUT2D eigenvalue weighted by atomic mass is 10.0. The van der Waals surface area contributed by atoms with Crippen LogP contribution < -0.4 is 0 Å². The third-order valence-corrected chi connectivity index (χ3v) is 4.44. The van der Waals surface area contributed by atoms with Crippen molar-refractivity contribution in [3.63, 3.8) is 0 Å². The predicted molar refractivity (Wildman–Crippen MR) is 109 cm³/mol. The molecule has 0 unspecified atom stereocenters. The third-order valence-electron chi connectivity index (χ3n) is 4.44. The van der Waals surface area contributed by atoms with Crippen LogP contribution in [0, 0.1) is 0 Å². The summed E-state index contributed by atoms with van der Waals surface area (Å²) in [7, 11) is 0. The van der Waals surface area contributed by atoms with E-state index in [1.54, 1.807) is 0 Å². The van der Waals surface area contributed by atoms with E-state index < -0.39 is 30.4 Å². The van der Waals surface area contributed by atoms with E-state index in [1.807, 2.05) is 43.4 Å². The van der Waals surface area contributed by atoms with Crippen LogP contribution in [0.2, 0.25) is 0 Å². The first-order chi connectivity index (χ1) is 13.4. The number of rotatable bonds is 13. The standard InChI is InChI=1S/C22H34O6/c1-2-3-8-12-20-19(25)16-21(28-20)18(24)15-14-17(23)11-9-6-4-5-7-10-13-22(26)27/h3,5-9,14-15,17-21,23-25H,2,4,10-13,16H2,1H3,(H,26,27)/b7-5-,8-3-,9-6-,15-14+/t17-,18+,19+,20-,21+/m1/s1. The van der Waals surface area contributed by atoms with Crippen molar-refractivity contribution in [3.8, 4) is 0 Å². The van der Waals surface area contributed by atoms with Crippen molar-refractivity contribution in [2.75, 3.05) is 0 Å². The number of aliphatic hydroxyl groups excluding tert-OH is 3. The number of aliphatic carboxylic acids is 1. The van der Waals surface area contributed by atoms with E-state index in [-0.39, 0.29) is 12.5 Å². The summed E-state index contributed by atoms with van der Waals surface area (Å²) < 4.78 is 5.73. The highest BCUT2D eigenvalue weighted by atomic mass is 16.5. The fourth-order valence-electron chi connectivity index (χ4n) is 2.87. The Morgan fingerprint density at radius 1 is 1.11 bits per heavy atom. The van der Waals surface area contributed by atoms with Gasteiger partial charge >= 0.3 is 5.97 Å². The molecule has 0 aromatic heterocycles. The number of carboxylic acids is 1. The minimum absolute atomic E-state index is 0.129. The minimum atomic E-state index is -0.870. The van der Waals surface area contributed by atoms with Gasteiger partial charge in [0.05, 0.1) is 30.5 Å². The summed E-state index contributed by atoms with van der Waals surface area (Å²) >= 11 is 0. The van der Waals surface area contributed by atoms with Gasteiger partial charge in [-0.3, -0.25) is 4.79 Å². The van der Waals surface area contributed by atoms with E-state index in [9.17, 15) is 20.1 Å². The van der Waals surface area contributed by atoms with Gasteiger partial charge in [0.15, 0.2) is 0 Å². The molecular formula is C22H34O6. The molecule has 0 aliphatic carbocycles. The molecule has 1 saturated heterocycles. The first-order valence-electron chi connectivity index (χ1n) is 9.98. The molecule has 0 saturated carbocycles. The normalized spacial score (nSPS) is 25.5. The molecule has 0 radical (unpaired) electrons. The number of hydrogen-bond acceptors (Lipinski definition) is 5. The monoisotopic (exact) mass is 394 g/mol. The summed E-state index contributed by atoms with van der Waals surface area (Å²) in [5, 5.41) is 38.7. The van der Waals surface area contributed by atoms with Gasteiger partial charge < -0.3 is 25.2 Å². The van der Waals surface area contributed by atoms with E-state index in [4.69, 9.17) is 9.84 Å². The average molecular weight is 395 g/mol. The quantitative estimate of drug-likeness (QED) is 0.358. The summed E-state index contributed by atoms with van der Waals surface area (Å²) in [6, 6.07) is 0. The fourth-order valence-corrected chi connectivity index (χ4v) is 2.87. The Kier molecular flexibility index (Phi) is 12.4. The molecule has 158 valence electrons. The maximum absolute atomic E-state index is 10.4. The van der Waals surface area contributed by atoms with Gasteiger partial charge in [0.25, 0.3) is 0 Å². The molecule has 1 rings (SSSR count). The summed E-state index contributed by atoms with van der Waals surface area (Å²) in [5.74, 6) is -0.807. The molecule has 1 fully saturated rings. The van der Waals surface area contributed by atoms with Gasteiger partial charge in [0, 0.05) is 12.8 Å². The Morgan fingerprint density at radius 3 is 2.57 bits per heavy atom. The minimum Gasteiger partial charge on any atom is -0.481 e. The smallest absolute Gasteiger partial charge is 0.303 e. The summed E-state index contributed by atoms with van der Waals surface area (Å²) in [6.07, 6.45) is 15.3. The zero-order chi connectivity index (χ0) is 20.8. The average Bonchev–Trinajstić information content (AvgIpc) is 3.02. The lowest BCUT2D eigenvalue weighted by molar-refractivity contribution is -0.136. The number of ether oxygens (including phenoxy) is 1. The van der Waals surface area contributed by atoms with E-state index in [0.717, 1.165) is 6.42 Å². The van der Waals surface area contributed by atoms with Crippen LogP contribution >= 0.6 is 0 Å². The van der Waals surface area contributed by atoms with Gasteiger partial charge in [-0.25, -0.2) is 0 Å². The van der Waals surface area contributed by atoms with Gasteiger partial charge in [0.2, 0.25) is 0 Å². The molecule has 6 nitrogen and oxygen atoms in total. The summed E-state index contributed by atoms with van der Waals surface area (Å²) in [6.45, 7) is 2.04. The van der Waals surface area contributed by atoms with Crippen molar-refractivity contribution in [2.45, 2.75) is 82.4 Å². The Balaban J connectivity index is 2.28. The van der Waals surface area contributed by atoms with Crippen LogP contribution in [0.1, 0.15) is 51.9 Å². The van der Waals surface area contributed by atoms with Gasteiger partial charge in [-0.05, 0) is 32.1 Å². The lowest BCUT2D eigenvalue weighted by Crippen LogP contribution is -2.24. The van der Waals surface area contributed by atoms with Crippen molar-refractivity contribution < 1.29 is 30.0 Å². The van der Waals surface area contributed by atoms with Crippen molar-refractivity contribution in [1.82, 2.24) is 0 Å². The molecule has 1 aliphatic heterocycles. The molecule has 4 N–H and O–H groups in total. The van der Waals surface area contributed by atoms with Gasteiger partial charge in [0.1, 0.15) is 0 Å². The van der Waals surface area contributed by atoms with E-state index in [0.29, 0.717) is 32.1 Å². The van der Waals surface area contributed by atoms with Crippen molar-refractivity contribution in [1.29, 1.82) is 0 Å². The molecule has 0 amide bonds. The van der Waals surface area contributed by atoms with Crippen LogP contribution in [-0.4, -0.2) is 56.9 Å². The van der Waals surface area contributed by atoms with Crippen LogP contribution in [-0.2, 0) is 9.53 Å². The summed E-state index contributed by atoms with van der Waals surface area (Å²) in [4.78, 5) is 10.4. The maximum Gasteiger partial charge on any atom is 0.303 e. The number of carbonyl (C=O) groups is 1. The van der Waals surface area contributed by atoms with Crippen LogP contribution in [0.4, 0.5) is 0 Å². The first-order valence-corrected chi connectivity index (χ1v) is 9.98. The van der Waals surface area contributed by atoms with Gasteiger partial charge in [-0.15, -0.1) is 0 Å². The third kappa shape index (κ3) is 10.6. The molecule has 1 aliphatic rings. The van der Waals surface area contributed by atoms with Crippen LogP contribution in [0.5, 0.6) is 0 Å². The van der Waals surface area contributed by atoms with Crippen molar-refractivity contribution >= 4 is 5.97 Å². The Morgan fingerprint density at radius 2 is 1.86 bits per heavy atom. The molecule has 6 heteroatoms. The Hall–Kier alpha value is -1.73. The number of allylic oxidation sites excluding steroid dienone is 4. The molecule has 0 bridgehead atoms. The number of hydrogen-bond donors (Lipinski definition) is 4. The van der Waals surface area contributed by atoms with Crippen LogP contribution in [0.25, 0.3) is 0 Å². The predicted octanol–water partition coefficient (Wildman–Crippen LogP) is 2.90. The van der Waals surface area contributed by atoms with E-state index in [2.05, 4.69) is 0 Å². The molecule has 5 atom stereocenters.